The molecule has 0 bridgehead atoms. The molecule has 2 aliphatic rings. The van der Waals surface area contributed by atoms with Crippen LogP contribution in [0.15, 0.2) is 47.1 Å². The fourth-order valence-corrected chi connectivity index (χ4v) is 3.65. The predicted octanol–water partition coefficient (Wildman–Crippen LogP) is 3.70. The summed E-state index contributed by atoms with van der Waals surface area (Å²) in [6, 6.07) is 5.70. The molecule has 0 amide bonds. The van der Waals surface area contributed by atoms with Gasteiger partial charge in [0.2, 0.25) is 5.88 Å². The van der Waals surface area contributed by atoms with Crippen molar-refractivity contribution in [2.45, 2.75) is 52.6 Å². The van der Waals surface area contributed by atoms with Crippen molar-refractivity contribution in [2.75, 3.05) is 0 Å². The van der Waals surface area contributed by atoms with Crippen molar-refractivity contribution in [3.63, 3.8) is 0 Å². The standard InChI is InChI=1S/C21H24FNO4/c1-11(2)26-20(25)18-16(12-5-7-13(22)8-6-12)17-14(24)9-21(3,4)10-15(17)27-19(18)23/h5-8,11,16H,9-10,23H2,1-4H3/t16-/m0/s1. The summed E-state index contributed by atoms with van der Waals surface area (Å²) in [5, 5.41) is 0. The van der Waals surface area contributed by atoms with Crippen LogP contribution in [-0.4, -0.2) is 17.9 Å². The van der Waals surface area contributed by atoms with E-state index in [1.807, 2.05) is 13.8 Å². The molecule has 0 aromatic heterocycles. The van der Waals surface area contributed by atoms with Crippen LogP contribution < -0.4 is 5.73 Å². The Morgan fingerprint density at radius 1 is 1.26 bits per heavy atom. The van der Waals surface area contributed by atoms with Crippen LogP contribution in [0, 0.1) is 11.2 Å². The molecule has 0 saturated carbocycles. The maximum absolute atomic E-state index is 13.4. The Morgan fingerprint density at radius 3 is 2.48 bits per heavy atom. The second-order valence-corrected chi connectivity index (χ2v) is 8.10. The number of carbonyl (C=O) groups is 2. The highest BCUT2D eigenvalue weighted by atomic mass is 19.1. The van der Waals surface area contributed by atoms with Gasteiger partial charge in [-0.05, 0) is 37.0 Å². The number of carbonyl (C=O) groups excluding carboxylic acids is 2. The Labute approximate surface area is 158 Å². The third-order valence-corrected chi connectivity index (χ3v) is 4.72. The van der Waals surface area contributed by atoms with Gasteiger partial charge in [0.1, 0.15) is 17.1 Å². The number of Topliss-reactive ketones (excluding diaryl/α,β-unsaturated/α-hetero) is 1. The van der Waals surface area contributed by atoms with E-state index in [2.05, 4.69) is 0 Å². The number of hydrogen-bond donors (Lipinski definition) is 1. The van der Waals surface area contributed by atoms with E-state index in [1.54, 1.807) is 26.0 Å². The maximum atomic E-state index is 13.4. The van der Waals surface area contributed by atoms with Gasteiger partial charge in [0.25, 0.3) is 0 Å². The summed E-state index contributed by atoms with van der Waals surface area (Å²) in [6.45, 7) is 7.41. The molecule has 1 aromatic carbocycles. The van der Waals surface area contributed by atoms with E-state index in [4.69, 9.17) is 15.2 Å². The van der Waals surface area contributed by atoms with Gasteiger partial charge >= 0.3 is 5.97 Å². The molecule has 3 rings (SSSR count). The molecule has 1 aliphatic heterocycles. The van der Waals surface area contributed by atoms with Gasteiger partial charge in [-0.15, -0.1) is 0 Å². The van der Waals surface area contributed by atoms with Crippen molar-refractivity contribution in [1.29, 1.82) is 0 Å². The summed E-state index contributed by atoms with van der Waals surface area (Å²) in [6.07, 6.45) is 0.501. The number of nitrogens with two attached hydrogens (primary N) is 1. The summed E-state index contributed by atoms with van der Waals surface area (Å²) in [4.78, 5) is 25.7. The van der Waals surface area contributed by atoms with Crippen LogP contribution in [0.2, 0.25) is 0 Å². The van der Waals surface area contributed by atoms with Crippen molar-refractivity contribution < 1.29 is 23.5 Å². The van der Waals surface area contributed by atoms with Crippen LogP contribution in [0.1, 0.15) is 52.0 Å². The van der Waals surface area contributed by atoms with Crippen molar-refractivity contribution in [1.82, 2.24) is 0 Å². The molecule has 0 saturated heterocycles. The summed E-state index contributed by atoms with van der Waals surface area (Å²) >= 11 is 0. The van der Waals surface area contributed by atoms with E-state index >= 15 is 0 Å². The first-order valence-electron chi connectivity index (χ1n) is 8.99. The Hall–Kier alpha value is -2.63. The first-order chi connectivity index (χ1) is 12.6. The third kappa shape index (κ3) is 3.75. The Bertz CT molecular complexity index is 849. The average Bonchev–Trinajstić information content (AvgIpc) is 2.52. The minimum absolute atomic E-state index is 0.0702. The van der Waals surface area contributed by atoms with Crippen molar-refractivity contribution in [2.24, 2.45) is 11.1 Å². The molecule has 27 heavy (non-hydrogen) atoms. The normalized spacial score (nSPS) is 21.9. The van der Waals surface area contributed by atoms with E-state index in [-0.39, 0.29) is 28.8 Å². The lowest BCUT2D eigenvalue weighted by Gasteiger charge is -2.38. The molecule has 0 radical (unpaired) electrons. The van der Waals surface area contributed by atoms with Crippen LogP contribution >= 0.6 is 0 Å². The zero-order valence-corrected chi connectivity index (χ0v) is 16.0. The number of ether oxygens (including phenoxy) is 2. The van der Waals surface area contributed by atoms with Gasteiger partial charge in [-0.25, -0.2) is 9.18 Å². The number of ketones is 1. The fourth-order valence-electron chi connectivity index (χ4n) is 3.65. The molecule has 1 atom stereocenters. The lowest BCUT2D eigenvalue weighted by Crippen LogP contribution is -2.36. The second-order valence-electron chi connectivity index (χ2n) is 8.10. The van der Waals surface area contributed by atoms with Gasteiger partial charge < -0.3 is 15.2 Å². The molecule has 2 N–H and O–H groups in total. The lowest BCUT2D eigenvalue weighted by molar-refractivity contribution is -0.143. The Morgan fingerprint density at radius 2 is 1.89 bits per heavy atom. The van der Waals surface area contributed by atoms with Gasteiger partial charge in [-0.1, -0.05) is 26.0 Å². The first kappa shape index (κ1) is 19.1. The smallest absolute Gasteiger partial charge is 0.340 e. The highest BCUT2D eigenvalue weighted by molar-refractivity contribution is 6.03. The largest absolute Gasteiger partial charge is 0.459 e. The van der Waals surface area contributed by atoms with E-state index in [0.29, 0.717) is 29.7 Å². The van der Waals surface area contributed by atoms with Crippen LogP contribution in [0.5, 0.6) is 0 Å². The highest BCUT2D eigenvalue weighted by Crippen LogP contribution is 2.48. The van der Waals surface area contributed by atoms with Gasteiger partial charge in [0.15, 0.2) is 5.78 Å². The fraction of sp³-hybridized carbons (Fsp3) is 0.429. The van der Waals surface area contributed by atoms with E-state index < -0.39 is 17.7 Å². The molecule has 1 aromatic rings. The average molecular weight is 373 g/mol. The zero-order valence-electron chi connectivity index (χ0n) is 16.0. The number of hydrogen-bond acceptors (Lipinski definition) is 5. The molecule has 0 spiro atoms. The SMILES string of the molecule is CC(C)OC(=O)C1=C(N)OC2=C(C(=O)CC(C)(C)C2)[C@@H]1c1ccc(F)cc1. The first-order valence-corrected chi connectivity index (χ1v) is 8.99. The molecule has 5 nitrogen and oxygen atoms in total. The lowest BCUT2D eigenvalue weighted by atomic mass is 9.70. The number of rotatable bonds is 3. The number of esters is 1. The monoisotopic (exact) mass is 373 g/mol. The number of halogens is 1. The molecular weight excluding hydrogens is 349 g/mol. The Balaban J connectivity index is 2.15. The third-order valence-electron chi connectivity index (χ3n) is 4.72. The van der Waals surface area contributed by atoms with Gasteiger partial charge in [-0.3, -0.25) is 4.79 Å². The topological polar surface area (TPSA) is 78.6 Å². The summed E-state index contributed by atoms with van der Waals surface area (Å²) in [5.74, 6) is -1.47. The van der Waals surface area contributed by atoms with Crippen LogP contribution in [-0.2, 0) is 19.1 Å². The van der Waals surface area contributed by atoms with Crippen LogP contribution in [0.4, 0.5) is 4.39 Å². The van der Waals surface area contributed by atoms with Gasteiger partial charge in [0, 0.05) is 18.4 Å². The second kappa shape index (κ2) is 6.83. The van der Waals surface area contributed by atoms with E-state index in [0.717, 1.165) is 0 Å². The molecular formula is C21H24FNO4. The molecule has 0 fully saturated rings. The zero-order chi connectivity index (χ0) is 19.9. The molecule has 6 heteroatoms. The molecule has 1 heterocycles. The van der Waals surface area contributed by atoms with Crippen LogP contribution in [0.25, 0.3) is 0 Å². The van der Waals surface area contributed by atoms with Gasteiger partial charge in [-0.2, -0.15) is 0 Å². The van der Waals surface area contributed by atoms with Gasteiger partial charge in [0.05, 0.1) is 12.0 Å². The molecule has 144 valence electrons. The minimum Gasteiger partial charge on any atom is -0.459 e. The van der Waals surface area contributed by atoms with E-state index in [1.165, 1.54) is 12.1 Å². The maximum Gasteiger partial charge on any atom is 0.340 e. The van der Waals surface area contributed by atoms with Crippen LogP contribution in [0.3, 0.4) is 0 Å². The summed E-state index contributed by atoms with van der Waals surface area (Å²) in [5.41, 5.74) is 6.92. The summed E-state index contributed by atoms with van der Waals surface area (Å²) in [7, 11) is 0. The predicted molar refractivity (Wildman–Crippen MR) is 97.7 cm³/mol. The highest BCUT2D eigenvalue weighted by Gasteiger charge is 2.45. The minimum atomic E-state index is -0.732. The quantitative estimate of drug-likeness (QED) is 0.817. The molecule has 1 aliphatic carbocycles. The van der Waals surface area contributed by atoms with Crippen molar-refractivity contribution >= 4 is 11.8 Å². The number of allylic oxidation sites excluding steroid dienone is 2. The number of benzene rings is 1. The summed E-state index contributed by atoms with van der Waals surface area (Å²) < 4.78 is 24.5. The Kier molecular flexibility index (Phi) is 4.84. The van der Waals surface area contributed by atoms with Crippen molar-refractivity contribution in [3.05, 3.63) is 58.4 Å². The molecule has 0 unspecified atom stereocenters. The van der Waals surface area contributed by atoms with Crippen molar-refractivity contribution in [3.8, 4) is 0 Å². The van der Waals surface area contributed by atoms with E-state index in [9.17, 15) is 14.0 Å².